The highest BCUT2D eigenvalue weighted by molar-refractivity contribution is 6.27. The van der Waals surface area contributed by atoms with Crippen LogP contribution in [0.5, 0.6) is 0 Å². The van der Waals surface area contributed by atoms with Crippen LogP contribution in [0.2, 0.25) is 0 Å². The lowest BCUT2D eigenvalue weighted by molar-refractivity contribution is 0.591. The van der Waals surface area contributed by atoms with Crippen LogP contribution in [0.1, 0.15) is 52.7 Å². The molecule has 54 heavy (non-hydrogen) atoms. The molecule has 0 heteroatoms. The van der Waals surface area contributed by atoms with E-state index in [-0.39, 0.29) is 10.8 Å². The maximum Gasteiger partial charge on any atom is -0.00206 e. The second-order valence-corrected chi connectivity index (χ2v) is 17.8. The second-order valence-electron chi connectivity index (χ2n) is 17.8. The normalized spacial score (nSPS) is 13.0. The molecule has 0 bridgehead atoms. The molecule has 258 valence electrons. The lowest BCUT2D eigenvalue weighted by Gasteiger charge is -2.22. The fourth-order valence-corrected chi connectivity index (χ4v) is 9.41. The van der Waals surface area contributed by atoms with Crippen molar-refractivity contribution in [1.82, 2.24) is 0 Å². The zero-order valence-electron chi connectivity index (χ0n) is 31.9. The molecule has 0 saturated heterocycles. The Morgan fingerprint density at radius 3 is 0.963 bits per heavy atom. The van der Waals surface area contributed by atoms with Gasteiger partial charge < -0.3 is 0 Å². The van der Waals surface area contributed by atoms with E-state index < -0.39 is 0 Å². The van der Waals surface area contributed by atoms with Crippen molar-refractivity contribution in [1.29, 1.82) is 0 Å². The zero-order chi connectivity index (χ0) is 36.7. The molecule has 11 rings (SSSR count). The summed E-state index contributed by atoms with van der Waals surface area (Å²) in [5.41, 5.74) is 8.07. The van der Waals surface area contributed by atoms with Gasteiger partial charge in [0.25, 0.3) is 0 Å². The Morgan fingerprint density at radius 2 is 0.574 bits per heavy atom. The summed E-state index contributed by atoms with van der Waals surface area (Å²) in [6, 6.07) is 56.1. The minimum Gasteiger partial charge on any atom is -0.0561 e. The molecule has 0 fully saturated rings. The fraction of sp³-hybridized carbons (Fsp3) is 0.148. The third-order valence-electron chi connectivity index (χ3n) is 12.4. The molecule has 0 saturated carbocycles. The maximum absolute atomic E-state index is 2.40. The van der Waals surface area contributed by atoms with Gasteiger partial charge in [-0.05, 0) is 143 Å². The molecule has 0 aromatic heterocycles. The van der Waals surface area contributed by atoms with Crippen molar-refractivity contribution >= 4 is 86.2 Å². The number of rotatable bonds is 2. The summed E-state index contributed by atoms with van der Waals surface area (Å²) in [5.74, 6) is 0. The van der Waals surface area contributed by atoms with Crippen LogP contribution in [-0.4, -0.2) is 0 Å². The van der Waals surface area contributed by atoms with Gasteiger partial charge in [0.2, 0.25) is 0 Å². The molecule has 0 spiro atoms. The molecule has 0 aliphatic rings. The van der Waals surface area contributed by atoms with Crippen LogP contribution in [-0.2, 0) is 10.8 Å². The quantitative estimate of drug-likeness (QED) is 0.158. The van der Waals surface area contributed by atoms with Gasteiger partial charge in [0.05, 0.1) is 0 Å². The number of fused-ring (bicyclic) bond motifs is 3. The lowest BCUT2D eigenvalue weighted by Crippen LogP contribution is -2.10. The smallest absolute Gasteiger partial charge is 0.00206 e. The van der Waals surface area contributed by atoms with Gasteiger partial charge in [-0.15, -0.1) is 0 Å². The molecule has 0 nitrogen and oxygen atoms in total. The molecule has 0 amide bonds. The van der Waals surface area contributed by atoms with E-state index in [1.807, 2.05) is 0 Å². The Bertz CT molecular complexity index is 3060. The summed E-state index contributed by atoms with van der Waals surface area (Å²) in [7, 11) is 0. The highest BCUT2D eigenvalue weighted by Crippen LogP contribution is 2.44. The largest absolute Gasteiger partial charge is 0.0561 e. The minimum atomic E-state index is 0.104. The van der Waals surface area contributed by atoms with Gasteiger partial charge in [-0.25, -0.2) is 0 Å². The Kier molecular flexibility index (Phi) is 6.31. The van der Waals surface area contributed by atoms with Gasteiger partial charge in [-0.3, -0.25) is 0 Å². The molecule has 0 aliphatic carbocycles. The summed E-state index contributed by atoms with van der Waals surface area (Å²) in [6.45, 7) is 13.8. The van der Waals surface area contributed by atoms with Gasteiger partial charge in [-0.1, -0.05) is 175 Å². The maximum atomic E-state index is 2.40. The van der Waals surface area contributed by atoms with E-state index in [9.17, 15) is 0 Å². The van der Waals surface area contributed by atoms with Crippen LogP contribution in [0, 0.1) is 0 Å². The average molecular weight is 691 g/mol. The van der Waals surface area contributed by atoms with Crippen molar-refractivity contribution in [2.45, 2.75) is 52.4 Å². The molecule has 0 aliphatic heterocycles. The standard InChI is InChI=1S/C54H42/c1-53(2,3)41-27-37-11-7-31-13-19-45(47-23-17-39(29-41)49(37)51(31)47)35-15-21-43-33(25-35)9-10-34-26-36(16-22-44(34)43)46-20-14-32-8-12-38-28-42(54(4,5)6)30-40-18-24-48(46)52(32)50(38)40/h7-30H,1-6H3. The summed E-state index contributed by atoms with van der Waals surface area (Å²) < 4.78 is 0. The molecule has 0 heterocycles. The predicted octanol–water partition coefficient (Wildman–Crippen LogP) is 15.7. The summed E-state index contributed by atoms with van der Waals surface area (Å²) in [4.78, 5) is 0. The van der Waals surface area contributed by atoms with E-state index in [0.717, 1.165) is 0 Å². The third kappa shape index (κ3) is 4.56. The van der Waals surface area contributed by atoms with E-state index in [1.165, 1.54) is 120 Å². The SMILES string of the molecule is CC(C)(C)c1cc2ccc3ccc(-c4ccc5c(ccc6cc(-c7ccc8ccc9cc(C(C)(C)C)cc%10ccc7c8c9%10)ccc65)c4)c4ccc(c1)c2c34. The lowest BCUT2D eigenvalue weighted by atomic mass is 9.82. The van der Waals surface area contributed by atoms with Crippen LogP contribution in [0.25, 0.3) is 108 Å². The zero-order valence-corrected chi connectivity index (χ0v) is 31.9. The van der Waals surface area contributed by atoms with Gasteiger partial charge in [0.15, 0.2) is 0 Å². The Labute approximate surface area is 316 Å². The molecule has 0 radical (unpaired) electrons. The van der Waals surface area contributed by atoms with E-state index in [2.05, 4.69) is 187 Å². The van der Waals surface area contributed by atoms with Crippen molar-refractivity contribution in [2.75, 3.05) is 0 Å². The highest BCUT2D eigenvalue weighted by atomic mass is 14.2. The van der Waals surface area contributed by atoms with Crippen LogP contribution in [0.15, 0.2) is 146 Å². The Hall–Kier alpha value is -5.98. The van der Waals surface area contributed by atoms with Crippen molar-refractivity contribution in [2.24, 2.45) is 0 Å². The monoisotopic (exact) mass is 690 g/mol. The summed E-state index contributed by atoms with van der Waals surface area (Å²) >= 11 is 0. The first-order chi connectivity index (χ1) is 26.0. The van der Waals surface area contributed by atoms with Gasteiger partial charge in [0, 0.05) is 0 Å². The van der Waals surface area contributed by atoms with Gasteiger partial charge in [-0.2, -0.15) is 0 Å². The fourth-order valence-electron chi connectivity index (χ4n) is 9.41. The molecule has 11 aromatic carbocycles. The molecular formula is C54H42. The Balaban J connectivity index is 1.02. The molecule has 0 N–H and O–H groups in total. The molecule has 0 unspecified atom stereocenters. The van der Waals surface area contributed by atoms with Crippen molar-refractivity contribution in [3.63, 3.8) is 0 Å². The van der Waals surface area contributed by atoms with E-state index >= 15 is 0 Å². The average Bonchev–Trinajstić information content (AvgIpc) is 3.17. The van der Waals surface area contributed by atoms with E-state index in [4.69, 9.17) is 0 Å². The van der Waals surface area contributed by atoms with Crippen LogP contribution < -0.4 is 0 Å². The van der Waals surface area contributed by atoms with Crippen molar-refractivity contribution in [3.05, 3.63) is 157 Å². The van der Waals surface area contributed by atoms with Gasteiger partial charge >= 0.3 is 0 Å². The highest BCUT2D eigenvalue weighted by Gasteiger charge is 2.20. The van der Waals surface area contributed by atoms with E-state index in [0.29, 0.717) is 0 Å². The first-order valence-corrected chi connectivity index (χ1v) is 19.4. The first kappa shape index (κ1) is 31.5. The van der Waals surface area contributed by atoms with Crippen LogP contribution >= 0.6 is 0 Å². The Morgan fingerprint density at radius 1 is 0.259 bits per heavy atom. The molecule has 11 aromatic rings. The topological polar surface area (TPSA) is 0 Å². The van der Waals surface area contributed by atoms with E-state index in [1.54, 1.807) is 0 Å². The van der Waals surface area contributed by atoms with Crippen LogP contribution in [0.4, 0.5) is 0 Å². The number of benzene rings is 11. The van der Waals surface area contributed by atoms with Crippen molar-refractivity contribution < 1.29 is 0 Å². The third-order valence-corrected chi connectivity index (χ3v) is 12.4. The number of hydrogen-bond acceptors (Lipinski definition) is 0. The molecular weight excluding hydrogens is 649 g/mol. The van der Waals surface area contributed by atoms with Crippen LogP contribution in [0.3, 0.4) is 0 Å². The minimum absolute atomic E-state index is 0.104. The van der Waals surface area contributed by atoms with Gasteiger partial charge in [0.1, 0.15) is 0 Å². The number of hydrogen-bond donors (Lipinski definition) is 0. The summed E-state index contributed by atoms with van der Waals surface area (Å²) in [6.07, 6.45) is 0. The summed E-state index contributed by atoms with van der Waals surface area (Å²) in [5, 5.41) is 21.2. The van der Waals surface area contributed by atoms with Crippen molar-refractivity contribution in [3.8, 4) is 22.3 Å². The molecule has 0 atom stereocenters. The predicted molar refractivity (Wildman–Crippen MR) is 237 cm³/mol. The first-order valence-electron chi connectivity index (χ1n) is 19.4. The second kappa shape index (κ2) is 10.8.